The van der Waals surface area contributed by atoms with Gasteiger partial charge in [0.1, 0.15) is 12.1 Å². The van der Waals surface area contributed by atoms with Crippen LogP contribution in [0.25, 0.3) is 0 Å². The van der Waals surface area contributed by atoms with Crippen LogP contribution < -0.4 is 27.8 Å². The molecular formula is C14H28N6O4. The fourth-order valence-corrected chi connectivity index (χ4v) is 1.99. The average molecular weight is 344 g/mol. The highest BCUT2D eigenvalue weighted by Gasteiger charge is 2.26. The molecule has 0 saturated heterocycles. The standard InChI is InChI=1S/C14H28N6O4/c1-8(2)6-10(19-11(21)7-15)12(22)20-9(13(23)24)4-3-5-18-14(16)17/h8-10H,3-7,15H2,1-2H3,(H,19,21)(H,20,22)(H,23,24)(H4,16,17,18). The minimum absolute atomic E-state index is 0.0765. The van der Waals surface area contributed by atoms with Crippen LogP contribution in [0.3, 0.4) is 0 Å². The van der Waals surface area contributed by atoms with E-state index in [1.165, 1.54) is 0 Å². The topological polar surface area (TPSA) is 186 Å². The van der Waals surface area contributed by atoms with Gasteiger partial charge >= 0.3 is 5.97 Å². The lowest BCUT2D eigenvalue weighted by Gasteiger charge is -2.22. The summed E-state index contributed by atoms with van der Waals surface area (Å²) in [7, 11) is 0. The number of nitrogens with two attached hydrogens (primary N) is 3. The number of carbonyl (C=O) groups excluding carboxylic acids is 2. The van der Waals surface area contributed by atoms with Crippen molar-refractivity contribution >= 4 is 23.7 Å². The van der Waals surface area contributed by atoms with Crippen LogP contribution >= 0.6 is 0 Å². The molecule has 10 heteroatoms. The summed E-state index contributed by atoms with van der Waals surface area (Å²) < 4.78 is 0. The molecule has 2 amide bonds. The summed E-state index contributed by atoms with van der Waals surface area (Å²) in [6.07, 6.45) is 0.925. The number of carboxylic acid groups (broad SMARTS) is 1. The Kier molecular flexibility index (Phi) is 10.1. The van der Waals surface area contributed by atoms with Crippen molar-refractivity contribution in [3.63, 3.8) is 0 Å². The second-order valence-electron chi connectivity index (χ2n) is 5.80. The van der Waals surface area contributed by atoms with E-state index in [-0.39, 0.29) is 31.4 Å². The monoisotopic (exact) mass is 344 g/mol. The van der Waals surface area contributed by atoms with Crippen LogP contribution in [-0.2, 0) is 14.4 Å². The van der Waals surface area contributed by atoms with Crippen LogP contribution in [0.15, 0.2) is 4.99 Å². The van der Waals surface area contributed by atoms with Crippen molar-refractivity contribution < 1.29 is 19.5 Å². The number of guanidine groups is 1. The third-order valence-corrected chi connectivity index (χ3v) is 3.10. The SMILES string of the molecule is CC(C)CC(NC(=O)CN)C(=O)NC(CCCN=C(N)N)C(=O)O. The predicted molar refractivity (Wildman–Crippen MR) is 89.9 cm³/mol. The summed E-state index contributed by atoms with van der Waals surface area (Å²) in [5.74, 6) is -2.15. The molecule has 9 N–H and O–H groups in total. The average Bonchev–Trinajstić information content (AvgIpc) is 2.48. The number of carbonyl (C=O) groups is 3. The maximum absolute atomic E-state index is 12.3. The minimum atomic E-state index is -1.17. The summed E-state index contributed by atoms with van der Waals surface area (Å²) in [5, 5.41) is 14.2. The number of aliphatic imine (C=N–C) groups is 1. The van der Waals surface area contributed by atoms with Gasteiger partial charge in [0.15, 0.2) is 5.96 Å². The van der Waals surface area contributed by atoms with Crippen LogP contribution in [0.2, 0.25) is 0 Å². The van der Waals surface area contributed by atoms with Gasteiger partial charge in [-0.05, 0) is 25.2 Å². The summed E-state index contributed by atoms with van der Waals surface area (Å²) in [6, 6.07) is -1.92. The number of amides is 2. The molecule has 0 heterocycles. The third-order valence-electron chi connectivity index (χ3n) is 3.10. The van der Waals surface area contributed by atoms with Crippen LogP contribution in [0.4, 0.5) is 0 Å². The van der Waals surface area contributed by atoms with Gasteiger partial charge in [-0.3, -0.25) is 14.6 Å². The molecule has 0 aliphatic carbocycles. The van der Waals surface area contributed by atoms with Crippen LogP contribution in [0.5, 0.6) is 0 Å². The molecule has 2 unspecified atom stereocenters. The second kappa shape index (κ2) is 11.2. The van der Waals surface area contributed by atoms with Crippen molar-refractivity contribution in [3.8, 4) is 0 Å². The molecule has 0 fully saturated rings. The summed E-state index contributed by atoms with van der Waals surface area (Å²) in [4.78, 5) is 38.8. The molecule has 10 nitrogen and oxygen atoms in total. The maximum Gasteiger partial charge on any atom is 0.326 e. The van der Waals surface area contributed by atoms with Crippen LogP contribution in [-0.4, -0.2) is 54.0 Å². The Balaban J connectivity index is 4.75. The number of nitrogens with zero attached hydrogens (tertiary/aromatic N) is 1. The molecule has 2 atom stereocenters. The van der Waals surface area contributed by atoms with Gasteiger partial charge in [-0.2, -0.15) is 0 Å². The van der Waals surface area contributed by atoms with Crippen LogP contribution in [0.1, 0.15) is 33.1 Å². The van der Waals surface area contributed by atoms with Crippen molar-refractivity contribution in [1.29, 1.82) is 0 Å². The van der Waals surface area contributed by atoms with E-state index in [1.54, 1.807) is 0 Å². The molecule has 0 aromatic heterocycles. The molecule has 0 aromatic carbocycles. The summed E-state index contributed by atoms with van der Waals surface area (Å²) in [6.45, 7) is 3.79. The van der Waals surface area contributed by atoms with Crippen molar-refractivity contribution in [2.45, 2.75) is 45.2 Å². The highest BCUT2D eigenvalue weighted by atomic mass is 16.4. The molecule has 0 saturated carbocycles. The number of aliphatic carboxylic acids is 1. The summed E-state index contributed by atoms with van der Waals surface area (Å²) in [5.41, 5.74) is 15.6. The Morgan fingerprint density at radius 2 is 1.75 bits per heavy atom. The zero-order valence-corrected chi connectivity index (χ0v) is 14.1. The molecule has 0 aliphatic rings. The van der Waals surface area contributed by atoms with E-state index in [2.05, 4.69) is 15.6 Å². The lowest BCUT2D eigenvalue weighted by atomic mass is 10.0. The number of carboxylic acids is 1. The molecule has 0 spiro atoms. The molecule has 138 valence electrons. The Bertz CT molecular complexity index is 462. The van der Waals surface area contributed by atoms with E-state index >= 15 is 0 Å². The van der Waals surface area contributed by atoms with Gasteiger partial charge in [0.05, 0.1) is 6.54 Å². The Hall–Kier alpha value is -2.36. The van der Waals surface area contributed by atoms with Gasteiger partial charge in [0.25, 0.3) is 0 Å². The Morgan fingerprint density at radius 1 is 1.12 bits per heavy atom. The molecule has 0 radical (unpaired) electrons. The van der Waals surface area contributed by atoms with Crippen molar-refractivity contribution in [3.05, 3.63) is 0 Å². The molecule has 0 aliphatic heterocycles. The first-order valence-electron chi connectivity index (χ1n) is 7.75. The van der Waals surface area contributed by atoms with E-state index in [9.17, 15) is 19.5 Å². The molecule has 0 rings (SSSR count). The molecular weight excluding hydrogens is 316 g/mol. The second-order valence-corrected chi connectivity index (χ2v) is 5.80. The fraction of sp³-hybridized carbons (Fsp3) is 0.714. The molecule has 0 bridgehead atoms. The van der Waals surface area contributed by atoms with Crippen molar-refractivity contribution in [1.82, 2.24) is 10.6 Å². The smallest absolute Gasteiger partial charge is 0.326 e. The first-order valence-corrected chi connectivity index (χ1v) is 7.75. The zero-order valence-electron chi connectivity index (χ0n) is 14.1. The largest absolute Gasteiger partial charge is 0.480 e. The quantitative estimate of drug-likeness (QED) is 0.143. The number of rotatable bonds is 11. The van der Waals surface area contributed by atoms with E-state index in [1.807, 2.05) is 13.8 Å². The predicted octanol–water partition coefficient (Wildman–Crippen LogP) is -1.90. The third kappa shape index (κ3) is 9.62. The highest BCUT2D eigenvalue weighted by Crippen LogP contribution is 2.07. The van der Waals surface area contributed by atoms with Gasteiger partial charge in [0, 0.05) is 6.54 Å². The first kappa shape index (κ1) is 21.6. The normalized spacial score (nSPS) is 13.0. The van der Waals surface area contributed by atoms with E-state index in [0.29, 0.717) is 12.8 Å². The minimum Gasteiger partial charge on any atom is -0.480 e. The van der Waals surface area contributed by atoms with Crippen molar-refractivity contribution in [2.75, 3.05) is 13.1 Å². The molecule has 0 aromatic rings. The maximum atomic E-state index is 12.3. The first-order chi connectivity index (χ1) is 11.2. The lowest BCUT2D eigenvalue weighted by molar-refractivity contribution is -0.142. The summed E-state index contributed by atoms with van der Waals surface area (Å²) >= 11 is 0. The highest BCUT2D eigenvalue weighted by molar-refractivity contribution is 5.90. The zero-order chi connectivity index (χ0) is 18.7. The van der Waals surface area contributed by atoms with Gasteiger partial charge < -0.3 is 32.9 Å². The van der Waals surface area contributed by atoms with E-state index in [0.717, 1.165) is 0 Å². The lowest BCUT2D eigenvalue weighted by Crippen LogP contribution is -2.53. The Labute approximate surface area is 141 Å². The number of hydrogen-bond acceptors (Lipinski definition) is 5. The van der Waals surface area contributed by atoms with Gasteiger partial charge in [-0.1, -0.05) is 13.8 Å². The number of nitrogens with one attached hydrogen (secondary N) is 2. The van der Waals surface area contributed by atoms with E-state index in [4.69, 9.17) is 17.2 Å². The van der Waals surface area contributed by atoms with Gasteiger partial charge in [-0.25, -0.2) is 4.79 Å². The molecule has 24 heavy (non-hydrogen) atoms. The van der Waals surface area contributed by atoms with Gasteiger partial charge in [-0.15, -0.1) is 0 Å². The fourth-order valence-electron chi connectivity index (χ4n) is 1.99. The van der Waals surface area contributed by atoms with Gasteiger partial charge in [0.2, 0.25) is 11.8 Å². The van der Waals surface area contributed by atoms with E-state index < -0.39 is 29.9 Å². The number of hydrogen-bond donors (Lipinski definition) is 6. The van der Waals surface area contributed by atoms with Crippen molar-refractivity contribution in [2.24, 2.45) is 28.1 Å². The Morgan fingerprint density at radius 3 is 2.21 bits per heavy atom. The van der Waals surface area contributed by atoms with Crippen LogP contribution in [0, 0.1) is 5.92 Å².